The first kappa shape index (κ1) is 15.1. The van der Waals surface area contributed by atoms with E-state index < -0.39 is 5.54 Å². The minimum absolute atomic E-state index is 0.0282. The minimum atomic E-state index is -0.903. The van der Waals surface area contributed by atoms with Crippen LogP contribution in [-0.2, 0) is 9.53 Å². The fourth-order valence-corrected chi connectivity index (χ4v) is 3.19. The molecule has 1 saturated carbocycles. The van der Waals surface area contributed by atoms with Gasteiger partial charge in [0.25, 0.3) is 0 Å². The van der Waals surface area contributed by atoms with Crippen LogP contribution in [0.3, 0.4) is 0 Å². The quantitative estimate of drug-likeness (QED) is 0.812. The molecule has 1 aliphatic rings. The minimum Gasteiger partial charge on any atom is -0.378 e. The zero-order valence-electron chi connectivity index (χ0n) is 13.3. The molecule has 5 heteroatoms. The molecule has 1 amide bonds. The molecule has 2 atom stereocenters. The molecular weight excluding hydrogens is 278 g/mol. The van der Waals surface area contributed by atoms with Crippen molar-refractivity contribution >= 4 is 22.5 Å². The molecule has 0 radical (unpaired) electrons. The first-order chi connectivity index (χ1) is 10.4. The van der Waals surface area contributed by atoms with Gasteiger partial charge in [-0.05, 0) is 31.2 Å². The van der Waals surface area contributed by atoms with Gasteiger partial charge in [0.2, 0.25) is 5.91 Å². The van der Waals surface area contributed by atoms with Crippen molar-refractivity contribution in [3.05, 3.63) is 30.5 Å². The lowest BCUT2D eigenvalue weighted by Crippen LogP contribution is -2.74. The van der Waals surface area contributed by atoms with Crippen molar-refractivity contribution in [2.75, 3.05) is 11.9 Å². The van der Waals surface area contributed by atoms with E-state index in [2.05, 4.69) is 10.3 Å². The number of carbonyl (C=O) groups is 1. The average molecular weight is 301 g/mol. The molecule has 1 aliphatic carbocycles. The molecule has 0 saturated heterocycles. The Morgan fingerprint density at radius 2 is 2.23 bits per heavy atom. The summed E-state index contributed by atoms with van der Waals surface area (Å²) in [7, 11) is 0. The molecule has 4 N–H and O–H groups in total. The summed E-state index contributed by atoms with van der Waals surface area (Å²) in [6.07, 6.45) is 2.45. The molecule has 2 unspecified atom stereocenters. The van der Waals surface area contributed by atoms with Crippen LogP contribution in [0, 0.1) is 5.41 Å². The molecule has 118 valence electrons. The van der Waals surface area contributed by atoms with Crippen molar-refractivity contribution in [3.8, 4) is 0 Å². The van der Waals surface area contributed by atoms with E-state index in [1.54, 1.807) is 0 Å². The Hall–Kier alpha value is -1.85. The predicted molar refractivity (Wildman–Crippen MR) is 87.7 cm³/mol. The Morgan fingerprint density at radius 3 is 2.91 bits per heavy atom. The van der Waals surface area contributed by atoms with E-state index in [1.165, 1.54) is 0 Å². The second kappa shape index (κ2) is 5.11. The molecule has 1 heterocycles. The third-order valence-corrected chi connectivity index (χ3v) is 5.05. The summed E-state index contributed by atoms with van der Waals surface area (Å²) in [6.45, 7) is 6.58. The number of carbonyl (C=O) groups excluding carboxylic acids is 1. The van der Waals surface area contributed by atoms with Gasteiger partial charge in [-0.1, -0.05) is 13.8 Å². The first-order valence-electron chi connectivity index (χ1n) is 7.67. The van der Waals surface area contributed by atoms with Gasteiger partial charge in [0, 0.05) is 41.2 Å². The molecule has 1 fully saturated rings. The highest BCUT2D eigenvalue weighted by Gasteiger charge is 2.62. The third-order valence-electron chi connectivity index (χ3n) is 5.05. The third kappa shape index (κ3) is 2.12. The number of amides is 1. The van der Waals surface area contributed by atoms with Gasteiger partial charge in [-0.15, -0.1) is 0 Å². The summed E-state index contributed by atoms with van der Waals surface area (Å²) in [5, 5.41) is 4.01. The SMILES string of the molecule is CCOC1CC(N)(C(=O)Nc2ccc3[nH]ccc3c2)C1(C)C. The number of nitrogens with one attached hydrogen (secondary N) is 2. The molecule has 2 aromatic rings. The number of aromatic nitrogens is 1. The number of benzene rings is 1. The zero-order chi connectivity index (χ0) is 16.0. The number of fused-ring (bicyclic) bond motifs is 1. The van der Waals surface area contributed by atoms with E-state index in [4.69, 9.17) is 10.5 Å². The van der Waals surface area contributed by atoms with Crippen molar-refractivity contribution in [1.82, 2.24) is 4.98 Å². The maximum atomic E-state index is 12.7. The molecular formula is C17H23N3O2. The maximum Gasteiger partial charge on any atom is 0.245 e. The smallest absolute Gasteiger partial charge is 0.245 e. The Morgan fingerprint density at radius 1 is 1.45 bits per heavy atom. The van der Waals surface area contributed by atoms with Crippen LogP contribution in [0.2, 0.25) is 0 Å². The molecule has 0 bridgehead atoms. The van der Waals surface area contributed by atoms with Crippen molar-refractivity contribution in [3.63, 3.8) is 0 Å². The van der Waals surface area contributed by atoms with Crippen LogP contribution < -0.4 is 11.1 Å². The summed E-state index contributed by atoms with van der Waals surface area (Å²) in [6, 6.07) is 7.75. The van der Waals surface area contributed by atoms with Crippen LogP contribution in [-0.4, -0.2) is 29.1 Å². The summed E-state index contributed by atoms with van der Waals surface area (Å²) in [5.74, 6) is -0.150. The highest BCUT2D eigenvalue weighted by atomic mass is 16.5. The zero-order valence-corrected chi connectivity index (χ0v) is 13.3. The van der Waals surface area contributed by atoms with Gasteiger partial charge in [-0.2, -0.15) is 0 Å². The second-order valence-electron chi connectivity index (χ2n) is 6.57. The fraction of sp³-hybridized carbons (Fsp3) is 0.471. The van der Waals surface area contributed by atoms with Crippen LogP contribution in [0.25, 0.3) is 10.9 Å². The number of ether oxygens (including phenoxy) is 1. The van der Waals surface area contributed by atoms with Crippen LogP contribution in [0.4, 0.5) is 5.69 Å². The van der Waals surface area contributed by atoms with E-state index >= 15 is 0 Å². The largest absolute Gasteiger partial charge is 0.378 e. The van der Waals surface area contributed by atoms with Crippen molar-refractivity contribution < 1.29 is 9.53 Å². The first-order valence-corrected chi connectivity index (χ1v) is 7.67. The van der Waals surface area contributed by atoms with Gasteiger partial charge in [-0.3, -0.25) is 4.79 Å². The average Bonchev–Trinajstić information content (AvgIpc) is 2.94. The van der Waals surface area contributed by atoms with Gasteiger partial charge >= 0.3 is 0 Å². The Labute approximate surface area is 130 Å². The van der Waals surface area contributed by atoms with Gasteiger partial charge in [-0.25, -0.2) is 0 Å². The van der Waals surface area contributed by atoms with Crippen molar-refractivity contribution in [2.45, 2.75) is 38.8 Å². The van der Waals surface area contributed by atoms with Crippen LogP contribution in [0.15, 0.2) is 30.5 Å². The lowest BCUT2D eigenvalue weighted by Gasteiger charge is -2.57. The molecule has 0 spiro atoms. The normalized spacial score (nSPS) is 26.6. The molecule has 0 aliphatic heterocycles. The monoisotopic (exact) mass is 301 g/mol. The van der Waals surface area contributed by atoms with Crippen molar-refractivity contribution in [2.24, 2.45) is 11.1 Å². The van der Waals surface area contributed by atoms with Crippen LogP contribution in [0.5, 0.6) is 0 Å². The number of aromatic amines is 1. The lowest BCUT2D eigenvalue weighted by atomic mass is 9.54. The number of nitrogens with two attached hydrogens (primary N) is 1. The van der Waals surface area contributed by atoms with Crippen LogP contribution in [0.1, 0.15) is 27.2 Å². The Balaban J connectivity index is 1.76. The maximum absolute atomic E-state index is 12.7. The summed E-state index contributed by atoms with van der Waals surface area (Å²) >= 11 is 0. The highest BCUT2D eigenvalue weighted by Crippen LogP contribution is 2.50. The van der Waals surface area contributed by atoms with Gasteiger partial charge in [0.05, 0.1) is 6.10 Å². The van der Waals surface area contributed by atoms with Crippen molar-refractivity contribution in [1.29, 1.82) is 0 Å². The standard InChI is InChI=1S/C17H23N3O2/c1-4-22-14-10-17(18,16(14,2)3)15(21)20-12-5-6-13-11(9-12)7-8-19-13/h5-9,14,19H,4,10,18H2,1-3H3,(H,20,21). The van der Waals surface area contributed by atoms with E-state index in [1.807, 2.05) is 51.2 Å². The summed E-state index contributed by atoms with van der Waals surface area (Å²) in [5.41, 5.74) is 6.90. The second-order valence-corrected chi connectivity index (χ2v) is 6.57. The molecule has 22 heavy (non-hydrogen) atoms. The van der Waals surface area contributed by atoms with Gasteiger partial charge in [0.15, 0.2) is 0 Å². The molecule has 1 aromatic carbocycles. The Bertz CT molecular complexity index is 707. The number of anilines is 1. The number of hydrogen-bond acceptors (Lipinski definition) is 3. The topological polar surface area (TPSA) is 80.1 Å². The lowest BCUT2D eigenvalue weighted by molar-refractivity contribution is -0.166. The summed E-state index contributed by atoms with van der Waals surface area (Å²) < 4.78 is 5.67. The summed E-state index contributed by atoms with van der Waals surface area (Å²) in [4.78, 5) is 15.8. The number of H-pyrrole nitrogens is 1. The van der Waals surface area contributed by atoms with E-state index in [-0.39, 0.29) is 17.4 Å². The molecule has 5 nitrogen and oxygen atoms in total. The number of hydrogen-bond donors (Lipinski definition) is 3. The van der Waals surface area contributed by atoms with E-state index in [0.717, 1.165) is 16.6 Å². The molecule has 1 aromatic heterocycles. The number of rotatable bonds is 4. The van der Waals surface area contributed by atoms with E-state index in [0.29, 0.717) is 13.0 Å². The fourth-order valence-electron chi connectivity index (χ4n) is 3.19. The Kier molecular flexibility index (Phi) is 3.50. The van der Waals surface area contributed by atoms with E-state index in [9.17, 15) is 4.79 Å². The highest BCUT2D eigenvalue weighted by molar-refractivity contribution is 6.01. The van der Waals surface area contributed by atoms with Gasteiger partial charge < -0.3 is 20.8 Å². The molecule has 3 rings (SSSR count). The van der Waals surface area contributed by atoms with Gasteiger partial charge in [0.1, 0.15) is 5.54 Å². The predicted octanol–water partition coefficient (Wildman–Crippen LogP) is 2.64. The van der Waals surface area contributed by atoms with Crippen LogP contribution >= 0.6 is 0 Å².